The van der Waals surface area contributed by atoms with Gasteiger partial charge in [-0.05, 0) is 56.8 Å². The summed E-state index contributed by atoms with van der Waals surface area (Å²) < 4.78 is 0. The highest BCUT2D eigenvalue weighted by Gasteiger charge is 2.22. The van der Waals surface area contributed by atoms with Gasteiger partial charge in [-0.2, -0.15) is 0 Å². The zero-order valence-corrected chi connectivity index (χ0v) is 10.9. The molecule has 1 aliphatic carbocycles. The van der Waals surface area contributed by atoms with Crippen LogP contribution >= 0.6 is 0 Å². The summed E-state index contributed by atoms with van der Waals surface area (Å²) in [5.74, 6) is 0.551. The minimum Gasteiger partial charge on any atom is -0.392 e. The molecule has 1 N–H and O–H groups in total. The Morgan fingerprint density at radius 2 is 2.12 bits per heavy atom. The van der Waals surface area contributed by atoms with Gasteiger partial charge in [0.1, 0.15) is 0 Å². The molecule has 2 atom stereocenters. The van der Waals surface area contributed by atoms with Crippen molar-refractivity contribution in [3.05, 3.63) is 35.4 Å². The maximum Gasteiger partial charge on any atom is 0.0672 e. The second-order valence-corrected chi connectivity index (χ2v) is 5.44. The average molecular weight is 233 g/mol. The Hall–Kier alpha value is -0.860. The summed E-state index contributed by atoms with van der Waals surface area (Å²) in [6.45, 7) is 0.763. The van der Waals surface area contributed by atoms with Crippen molar-refractivity contribution in [3.8, 4) is 0 Å². The van der Waals surface area contributed by atoms with Gasteiger partial charge in [0.05, 0.1) is 6.10 Å². The second kappa shape index (κ2) is 5.65. The molecule has 0 aromatic heterocycles. The van der Waals surface area contributed by atoms with E-state index in [2.05, 4.69) is 29.2 Å². The molecule has 2 heteroatoms. The predicted molar refractivity (Wildman–Crippen MR) is 71.3 cm³/mol. The summed E-state index contributed by atoms with van der Waals surface area (Å²) in [6.07, 6.45) is 4.38. The molecular formula is C15H23NO. The highest BCUT2D eigenvalue weighted by molar-refractivity contribution is 5.32. The number of hydrogen-bond acceptors (Lipinski definition) is 2. The quantitative estimate of drug-likeness (QED) is 0.863. The molecular weight excluding hydrogens is 210 g/mol. The van der Waals surface area contributed by atoms with Crippen molar-refractivity contribution < 1.29 is 5.11 Å². The molecule has 0 fully saturated rings. The van der Waals surface area contributed by atoms with E-state index in [0.717, 1.165) is 13.0 Å². The zero-order valence-electron chi connectivity index (χ0n) is 10.9. The average Bonchev–Trinajstić information content (AvgIpc) is 2.28. The van der Waals surface area contributed by atoms with Gasteiger partial charge in [0.25, 0.3) is 0 Å². The highest BCUT2D eigenvalue weighted by atomic mass is 16.3. The molecule has 1 aromatic rings. The summed E-state index contributed by atoms with van der Waals surface area (Å²) in [7, 11) is 4.02. The van der Waals surface area contributed by atoms with Gasteiger partial charge in [0.15, 0.2) is 0 Å². The second-order valence-electron chi connectivity index (χ2n) is 5.44. The van der Waals surface area contributed by atoms with Gasteiger partial charge in [-0.1, -0.05) is 24.3 Å². The van der Waals surface area contributed by atoms with E-state index in [-0.39, 0.29) is 6.10 Å². The van der Waals surface area contributed by atoms with E-state index in [9.17, 15) is 5.11 Å². The first kappa shape index (κ1) is 12.6. The Bertz CT molecular complexity index is 362. The summed E-state index contributed by atoms with van der Waals surface area (Å²) in [5.41, 5.74) is 2.96. The maximum absolute atomic E-state index is 10.1. The van der Waals surface area contributed by atoms with Gasteiger partial charge in [-0.25, -0.2) is 0 Å². The molecule has 0 heterocycles. The van der Waals surface area contributed by atoms with Crippen molar-refractivity contribution in [1.82, 2.24) is 4.90 Å². The minimum absolute atomic E-state index is 0.207. The fraction of sp³-hybridized carbons (Fsp3) is 0.600. The lowest BCUT2D eigenvalue weighted by Gasteiger charge is -2.28. The number of aryl methyl sites for hydroxylation is 1. The standard InChI is InChI=1S/C15H23NO/c1-16(2)11-14(17)10-13-8-5-7-12-6-3-4-9-15(12)13/h3-4,6,9,13-14,17H,5,7-8,10-11H2,1-2H3. The van der Waals surface area contributed by atoms with Crippen molar-refractivity contribution in [2.45, 2.75) is 37.7 Å². The number of hydrogen-bond donors (Lipinski definition) is 1. The monoisotopic (exact) mass is 233 g/mol. The lowest BCUT2D eigenvalue weighted by Crippen LogP contribution is -2.28. The first-order valence-electron chi connectivity index (χ1n) is 6.57. The lowest BCUT2D eigenvalue weighted by molar-refractivity contribution is 0.118. The molecule has 94 valence electrons. The number of rotatable bonds is 4. The third kappa shape index (κ3) is 3.30. The first-order chi connectivity index (χ1) is 8.16. The van der Waals surface area contributed by atoms with Crippen LogP contribution in [0.1, 0.15) is 36.3 Å². The van der Waals surface area contributed by atoms with Crippen LogP contribution in [0.25, 0.3) is 0 Å². The van der Waals surface area contributed by atoms with Crippen molar-refractivity contribution in [3.63, 3.8) is 0 Å². The molecule has 0 saturated heterocycles. The molecule has 0 amide bonds. The molecule has 0 spiro atoms. The smallest absolute Gasteiger partial charge is 0.0672 e. The SMILES string of the molecule is CN(C)CC(O)CC1CCCc2ccccc21. The van der Waals surface area contributed by atoms with Gasteiger partial charge in [0, 0.05) is 6.54 Å². The molecule has 2 rings (SSSR count). The lowest BCUT2D eigenvalue weighted by atomic mass is 9.80. The van der Waals surface area contributed by atoms with Crippen LogP contribution in [0.15, 0.2) is 24.3 Å². The summed E-state index contributed by atoms with van der Waals surface area (Å²) >= 11 is 0. The summed E-state index contributed by atoms with van der Waals surface area (Å²) in [6, 6.07) is 8.72. The predicted octanol–water partition coefficient (Wildman–Crippen LogP) is 2.42. The van der Waals surface area contributed by atoms with Crippen molar-refractivity contribution in [1.29, 1.82) is 0 Å². The van der Waals surface area contributed by atoms with Gasteiger partial charge in [0.2, 0.25) is 0 Å². The van der Waals surface area contributed by atoms with E-state index in [1.807, 2.05) is 14.1 Å². The molecule has 1 aromatic carbocycles. The van der Waals surface area contributed by atoms with E-state index in [1.165, 1.54) is 30.4 Å². The minimum atomic E-state index is -0.207. The Balaban J connectivity index is 2.03. The van der Waals surface area contributed by atoms with Crippen molar-refractivity contribution in [2.24, 2.45) is 0 Å². The molecule has 0 bridgehead atoms. The number of nitrogens with zero attached hydrogens (tertiary/aromatic N) is 1. The van der Waals surface area contributed by atoms with Crippen LogP contribution in [-0.4, -0.2) is 36.8 Å². The Morgan fingerprint density at radius 1 is 1.35 bits per heavy atom. The molecule has 17 heavy (non-hydrogen) atoms. The normalized spacial score (nSPS) is 21.3. The van der Waals surface area contributed by atoms with Crippen molar-refractivity contribution >= 4 is 0 Å². The Labute approximate surface area is 104 Å². The number of likely N-dealkylation sites (N-methyl/N-ethyl adjacent to an activating group) is 1. The van der Waals surface area contributed by atoms with E-state index in [1.54, 1.807) is 0 Å². The Morgan fingerprint density at radius 3 is 2.88 bits per heavy atom. The third-order valence-corrected chi connectivity index (χ3v) is 3.63. The molecule has 0 radical (unpaired) electrons. The van der Waals surface area contributed by atoms with E-state index in [0.29, 0.717) is 5.92 Å². The van der Waals surface area contributed by atoms with E-state index >= 15 is 0 Å². The molecule has 1 aliphatic rings. The van der Waals surface area contributed by atoms with E-state index < -0.39 is 0 Å². The molecule has 0 aliphatic heterocycles. The number of benzene rings is 1. The van der Waals surface area contributed by atoms with Crippen LogP contribution in [-0.2, 0) is 6.42 Å². The third-order valence-electron chi connectivity index (χ3n) is 3.63. The van der Waals surface area contributed by atoms with Crippen LogP contribution in [0.3, 0.4) is 0 Å². The number of aliphatic hydroxyl groups is 1. The van der Waals surface area contributed by atoms with Gasteiger partial charge in [-0.3, -0.25) is 0 Å². The van der Waals surface area contributed by atoms with Gasteiger partial charge in [-0.15, -0.1) is 0 Å². The fourth-order valence-corrected chi connectivity index (χ4v) is 2.92. The summed E-state index contributed by atoms with van der Waals surface area (Å²) in [5, 5.41) is 10.1. The molecule has 2 nitrogen and oxygen atoms in total. The summed E-state index contributed by atoms with van der Waals surface area (Å²) in [4.78, 5) is 2.05. The van der Waals surface area contributed by atoms with Crippen LogP contribution in [0, 0.1) is 0 Å². The Kier molecular flexibility index (Phi) is 4.19. The zero-order chi connectivity index (χ0) is 12.3. The largest absolute Gasteiger partial charge is 0.392 e. The number of fused-ring (bicyclic) bond motifs is 1. The first-order valence-corrected chi connectivity index (χ1v) is 6.57. The highest BCUT2D eigenvalue weighted by Crippen LogP contribution is 2.34. The topological polar surface area (TPSA) is 23.5 Å². The number of aliphatic hydroxyl groups excluding tert-OH is 1. The van der Waals surface area contributed by atoms with Crippen LogP contribution < -0.4 is 0 Å². The van der Waals surface area contributed by atoms with Gasteiger partial charge < -0.3 is 10.0 Å². The molecule has 0 saturated carbocycles. The van der Waals surface area contributed by atoms with Crippen LogP contribution in [0.2, 0.25) is 0 Å². The van der Waals surface area contributed by atoms with Crippen molar-refractivity contribution in [2.75, 3.05) is 20.6 Å². The van der Waals surface area contributed by atoms with E-state index in [4.69, 9.17) is 0 Å². The molecule has 2 unspecified atom stereocenters. The van der Waals surface area contributed by atoms with Gasteiger partial charge >= 0.3 is 0 Å². The van der Waals surface area contributed by atoms with Crippen LogP contribution in [0.5, 0.6) is 0 Å². The maximum atomic E-state index is 10.1. The fourth-order valence-electron chi connectivity index (χ4n) is 2.92. The van der Waals surface area contributed by atoms with Crippen LogP contribution in [0.4, 0.5) is 0 Å².